The van der Waals surface area contributed by atoms with E-state index in [9.17, 15) is 4.79 Å². The summed E-state index contributed by atoms with van der Waals surface area (Å²) in [5.41, 5.74) is 2.72. The van der Waals surface area contributed by atoms with Gasteiger partial charge in [0.05, 0.1) is 12.1 Å². The summed E-state index contributed by atoms with van der Waals surface area (Å²) >= 11 is 3.62. The summed E-state index contributed by atoms with van der Waals surface area (Å²) in [5, 5.41) is 3.41. The lowest BCUT2D eigenvalue weighted by molar-refractivity contribution is 0.0148. The zero-order chi connectivity index (χ0) is 19.0. The van der Waals surface area contributed by atoms with Crippen molar-refractivity contribution >= 4 is 22.0 Å². The monoisotopic (exact) mass is 436 g/mol. The Morgan fingerprint density at radius 2 is 2.00 bits per heavy atom. The molecule has 27 heavy (non-hydrogen) atoms. The molecule has 0 aromatic heterocycles. The SMILES string of the molecule is COCN(C(=O)NC1c2cc(Br)ccc2CC12CCC(OC)CC2)C1CC1. The molecule has 3 aliphatic rings. The second-order valence-electron chi connectivity index (χ2n) is 8.32. The van der Waals surface area contributed by atoms with Gasteiger partial charge in [-0.25, -0.2) is 4.79 Å². The standard InChI is InChI=1S/C21H29BrN2O3/c1-26-13-24(16-5-6-16)20(25)23-19-18-11-15(22)4-3-14(18)12-21(19)9-7-17(27-2)8-10-21/h3-4,11,16-17,19H,5-10,12-13H2,1-2H3,(H,23,25). The molecule has 0 aliphatic heterocycles. The fourth-order valence-corrected chi connectivity index (χ4v) is 5.35. The molecule has 2 saturated carbocycles. The number of carbonyl (C=O) groups excluding carboxylic acids is 1. The summed E-state index contributed by atoms with van der Waals surface area (Å²) in [4.78, 5) is 15.0. The summed E-state index contributed by atoms with van der Waals surface area (Å²) in [5.74, 6) is 0. The predicted octanol–water partition coefficient (Wildman–Crippen LogP) is 4.40. The Morgan fingerprint density at radius 3 is 2.63 bits per heavy atom. The van der Waals surface area contributed by atoms with E-state index >= 15 is 0 Å². The predicted molar refractivity (Wildman–Crippen MR) is 108 cm³/mol. The molecule has 0 bridgehead atoms. The number of ether oxygens (including phenoxy) is 2. The van der Waals surface area contributed by atoms with E-state index in [0.717, 1.165) is 49.4 Å². The Balaban J connectivity index is 1.60. The number of hydrogen-bond donors (Lipinski definition) is 1. The number of amides is 2. The van der Waals surface area contributed by atoms with Crippen LogP contribution < -0.4 is 5.32 Å². The van der Waals surface area contributed by atoms with Gasteiger partial charge in [0.25, 0.3) is 0 Å². The van der Waals surface area contributed by atoms with E-state index in [-0.39, 0.29) is 17.5 Å². The number of rotatable bonds is 5. The van der Waals surface area contributed by atoms with Crippen molar-refractivity contribution in [3.8, 4) is 0 Å². The van der Waals surface area contributed by atoms with Gasteiger partial charge in [-0.15, -0.1) is 0 Å². The molecule has 5 nitrogen and oxygen atoms in total. The van der Waals surface area contributed by atoms with E-state index in [0.29, 0.717) is 18.9 Å². The zero-order valence-electron chi connectivity index (χ0n) is 16.2. The van der Waals surface area contributed by atoms with Crippen molar-refractivity contribution in [2.75, 3.05) is 21.0 Å². The summed E-state index contributed by atoms with van der Waals surface area (Å²) in [7, 11) is 3.46. The molecule has 6 heteroatoms. The van der Waals surface area contributed by atoms with Crippen LogP contribution in [-0.4, -0.2) is 44.0 Å². The molecule has 0 saturated heterocycles. The minimum Gasteiger partial charge on any atom is -0.381 e. The molecule has 3 aliphatic carbocycles. The molecule has 1 atom stereocenters. The zero-order valence-corrected chi connectivity index (χ0v) is 17.8. The summed E-state index contributed by atoms with van der Waals surface area (Å²) < 4.78 is 12.0. The first-order valence-electron chi connectivity index (χ1n) is 9.93. The molecule has 0 heterocycles. The quantitative estimate of drug-likeness (QED) is 0.695. The molecule has 1 spiro atoms. The third-order valence-corrected chi connectivity index (χ3v) is 7.11. The lowest BCUT2D eigenvalue weighted by atomic mass is 9.68. The van der Waals surface area contributed by atoms with Gasteiger partial charge in [-0.3, -0.25) is 4.90 Å². The third-order valence-electron chi connectivity index (χ3n) is 6.62. The van der Waals surface area contributed by atoms with Gasteiger partial charge in [-0.05, 0) is 73.6 Å². The Kier molecular flexibility index (Phi) is 5.50. The number of benzene rings is 1. The summed E-state index contributed by atoms with van der Waals surface area (Å²) in [6, 6.07) is 6.89. The number of halogens is 1. The fourth-order valence-electron chi connectivity index (χ4n) is 4.97. The highest BCUT2D eigenvalue weighted by atomic mass is 79.9. The van der Waals surface area contributed by atoms with Crippen LogP contribution in [0.1, 0.15) is 55.7 Å². The van der Waals surface area contributed by atoms with Gasteiger partial charge in [0.2, 0.25) is 0 Å². The van der Waals surface area contributed by atoms with Gasteiger partial charge in [0.1, 0.15) is 6.73 Å². The van der Waals surface area contributed by atoms with Crippen LogP contribution in [0.15, 0.2) is 22.7 Å². The number of fused-ring (bicyclic) bond motifs is 1. The second kappa shape index (κ2) is 7.72. The highest BCUT2D eigenvalue weighted by Gasteiger charge is 2.49. The summed E-state index contributed by atoms with van der Waals surface area (Å²) in [6.07, 6.45) is 7.80. The normalized spacial score (nSPS) is 29.6. The van der Waals surface area contributed by atoms with E-state index < -0.39 is 0 Å². The van der Waals surface area contributed by atoms with E-state index in [1.54, 1.807) is 14.2 Å². The van der Waals surface area contributed by atoms with Crippen LogP contribution in [0.5, 0.6) is 0 Å². The topological polar surface area (TPSA) is 50.8 Å². The number of urea groups is 1. The van der Waals surface area contributed by atoms with Crippen molar-refractivity contribution in [3.63, 3.8) is 0 Å². The Hall–Kier alpha value is -1.11. The Bertz CT molecular complexity index is 699. The lowest BCUT2D eigenvalue weighted by Crippen LogP contribution is -2.48. The van der Waals surface area contributed by atoms with E-state index in [1.165, 1.54) is 11.1 Å². The molecule has 148 valence electrons. The number of hydrogen-bond acceptors (Lipinski definition) is 3. The average molecular weight is 437 g/mol. The maximum Gasteiger partial charge on any atom is 0.319 e. The van der Waals surface area contributed by atoms with Gasteiger partial charge in [-0.1, -0.05) is 22.0 Å². The molecule has 2 fully saturated rings. The molecule has 1 unspecified atom stereocenters. The van der Waals surface area contributed by atoms with Crippen LogP contribution in [0.25, 0.3) is 0 Å². The molecule has 0 radical (unpaired) electrons. The minimum absolute atomic E-state index is 0.00501. The molecular weight excluding hydrogens is 408 g/mol. The molecule has 1 aromatic rings. The first-order valence-corrected chi connectivity index (χ1v) is 10.7. The van der Waals surface area contributed by atoms with Crippen LogP contribution >= 0.6 is 15.9 Å². The molecule has 1 aromatic carbocycles. The van der Waals surface area contributed by atoms with Gasteiger partial charge < -0.3 is 14.8 Å². The average Bonchev–Trinajstić information content (AvgIpc) is 3.47. The van der Waals surface area contributed by atoms with Crippen molar-refractivity contribution in [2.45, 2.75) is 63.1 Å². The van der Waals surface area contributed by atoms with Crippen LogP contribution in [0.3, 0.4) is 0 Å². The maximum absolute atomic E-state index is 13.1. The van der Waals surface area contributed by atoms with E-state index in [1.807, 2.05) is 4.90 Å². The maximum atomic E-state index is 13.1. The Morgan fingerprint density at radius 1 is 1.26 bits per heavy atom. The number of carbonyl (C=O) groups is 1. The first-order chi connectivity index (χ1) is 13.1. The van der Waals surface area contributed by atoms with Crippen molar-refractivity contribution in [2.24, 2.45) is 5.41 Å². The van der Waals surface area contributed by atoms with Crippen molar-refractivity contribution in [3.05, 3.63) is 33.8 Å². The lowest BCUT2D eigenvalue weighted by Gasteiger charge is -2.42. The number of nitrogens with zero attached hydrogens (tertiary/aromatic N) is 1. The largest absolute Gasteiger partial charge is 0.381 e. The number of nitrogens with one attached hydrogen (secondary N) is 1. The molecule has 2 amide bonds. The van der Waals surface area contributed by atoms with Crippen molar-refractivity contribution in [1.29, 1.82) is 0 Å². The van der Waals surface area contributed by atoms with Crippen molar-refractivity contribution < 1.29 is 14.3 Å². The fraction of sp³-hybridized carbons (Fsp3) is 0.667. The third kappa shape index (κ3) is 3.76. The second-order valence-corrected chi connectivity index (χ2v) is 9.23. The van der Waals surface area contributed by atoms with Gasteiger partial charge in [-0.2, -0.15) is 0 Å². The van der Waals surface area contributed by atoms with Crippen LogP contribution in [0.2, 0.25) is 0 Å². The van der Waals surface area contributed by atoms with E-state index in [2.05, 4.69) is 39.4 Å². The minimum atomic E-state index is 0.00501. The highest BCUT2D eigenvalue weighted by molar-refractivity contribution is 9.10. The first kappa shape index (κ1) is 19.2. The molecule has 4 rings (SSSR count). The van der Waals surface area contributed by atoms with Gasteiger partial charge in [0, 0.05) is 24.7 Å². The summed E-state index contributed by atoms with van der Waals surface area (Å²) in [6.45, 7) is 0.354. The number of methoxy groups -OCH3 is 2. The van der Waals surface area contributed by atoms with E-state index in [4.69, 9.17) is 9.47 Å². The van der Waals surface area contributed by atoms with Crippen LogP contribution in [-0.2, 0) is 15.9 Å². The smallest absolute Gasteiger partial charge is 0.319 e. The highest BCUT2D eigenvalue weighted by Crippen LogP contribution is 2.54. The van der Waals surface area contributed by atoms with Crippen LogP contribution in [0.4, 0.5) is 4.79 Å². The van der Waals surface area contributed by atoms with Gasteiger partial charge in [0.15, 0.2) is 0 Å². The molecule has 1 N–H and O–H groups in total. The van der Waals surface area contributed by atoms with Gasteiger partial charge >= 0.3 is 6.03 Å². The Labute approximate surface area is 169 Å². The van der Waals surface area contributed by atoms with Crippen molar-refractivity contribution in [1.82, 2.24) is 10.2 Å². The molecular formula is C21H29BrN2O3. The van der Waals surface area contributed by atoms with Crippen LogP contribution in [0, 0.1) is 5.41 Å².